The number of rotatable bonds is 65. The molecule has 0 radical (unpaired) electrons. The summed E-state index contributed by atoms with van der Waals surface area (Å²) in [7, 11) is 0. The van der Waals surface area contributed by atoms with Gasteiger partial charge < -0.3 is 14.2 Å². The molecule has 0 aliphatic rings. The molecule has 450 valence electrons. The Morgan fingerprint density at radius 2 is 0.434 bits per heavy atom. The average molecular weight is 1070 g/mol. The quantitative estimate of drug-likeness (QED) is 0.0261. The zero-order chi connectivity index (χ0) is 55.0. The normalized spacial score (nSPS) is 12.0. The Morgan fingerprint density at radius 3 is 0.658 bits per heavy atom. The van der Waals surface area contributed by atoms with Gasteiger partial charge in [0.2, 0.25) is 0 Å². The van der Waals surface area contributed by atoms with Crippen molar-refractivity contribution in [1.29, 1.82) is 0 Å². The molecule has 0 aromatic heterocycles. The third kappa shape index (κ3) is 63.0. The van der Waals surface area contributed by atoms with Crippen molar-refractivity contribution in [2.24, 2.45) is 0 Å². The summed E-state index contributed by atoms with van der Waals surface area (Å²) >= 11 is 0. The number of hydrogen-bond acceptors (Lipinski definition) is 6. The summed E-state index contributed by atoms with van der Waals surface area (Å²) in [5, 5.41) is 0. The second kappa shape index (κ2) is 65.7. The van der Waals surface area contributed by atoms with E-state index in [1.165, 1.54) is 302 Å². The van der Waals surface area contributed by atoms with Crippen LogP contribution in [0.15, 0.2) is 12.2 Å². The summed E-state index contributed by atoms with van der Waals surface area (Å²) in [5.74, 6) is -0.829. The van der Waals surface area contributed by atoms with Gasteiger partial charge in [-0.15, -0.1) is 0 Å². The predicted molar refractivity (Wildman–Crippen MR) is 330 cm³/mol. The summed E-state index contributed by atoms with van der Waals surface area (Å²) in [5.41, 5.74) is 0. The molecule has 0 fully saturated rings. The van der Waals surface area contributed by atoms with E-state index < -0.39 is 6.10 Å². The molecule has 0 bridgehead atoms. The first-order valence-electron chi connectivity index (χ1n) is 34.7. The van der Waals surface area contributed by atoms with Crippen LogP contribution in [0.25, 0.3) is 0 Å². The van der Waals surface area contributed by atoms with Gasteiger partial charge in [-0.3, -0.25) is 14.4 Å². The van der Waals surface area contributed by atoms with Crippen LogP contribution in [0, 0.1) is 0 Å². The third-order valence-electron chi connectivity index (χ3n) is 16.0. The van der Waals surface area contributed by atoms with E-state index in [0.717, 1.165) is 57.8 Å². The number of esters is 3. The Kier molecular flexibility index (Phi) is 64.1. The van der Waals surface area contributed by atoms with Crippen LogP contribution in [0.4, 0.5) is 0 Å². The second-order valence-electron chi connectivity index (χ2n) is 23.8. The Hall–Kier alpha value is -1.85. The van der Waals surface area contributed by atoms with E-state index >= 15 is 0 Å². The lowest BCUT2D eigenvalue weighted by molar-refractivity contribution is -0.167. The number of carbonyl (C=O) groups is 3. The second-order valence-corrected chi connectivity index (χ2v) is 23.8. The van der Waals surface area contributed by atoms with E-state index in [4.69, 9.17) is 14.2 Å². The minimum absolute atomic E-state index is 0.0637. The van der Waals surface area contributed by atoms with Crippen molar-refractivity contribution in [2.45, 2.75) is 406 Å². The smallest absolute Gasteiger partial charge is 0.306 e. The Bertz CT molecular complexity index is 1180. The van der Waals surface area contributed by atoms with Gasteiger partial charge in [0.25, 0.3) is 0 Å². The number of hydrogen-bond donors (Lipinski definition) is 0. The molecular weight excluding hydrogens is 937 g/mol. The van der Waals surface area contributed by atoms with Crippen molar-refractivity contribution in [2.75, 3.05) is 13.2 Å². The SMILES string of the molecule is CCCCCCCC/C=C\CCCCCCCCCCCC(=O)OC(COC(=O)CCCCCCCCCCCCCCCCCCCC)COC(=O)CCCCCCCCCCCCCCCCCCCCCCC. The van der Waals surface area contributed by atoms with Gasteiger partial charge in [0.05, 0.1) is 0 Å². The maximum absolute atomic E-state index is 12.9. The van der Waals surface area contributed by atoms with E-state index in [-0.39, 0.29) is 31.1 Å². The highest BCUT2D eigenvalue weighted by Gasteiger charge is 2.19. The molecule has 0 saturated heterocycles. The molecule has 0 N–H and O–H groups in total. The Morgan fingerprint density at radius 1 is 0.250 bits per heavy atom. The van der Waals surface area contributed by atoms with Crippen molar-refractivity contribution < 1.29 is 28.6 Å². The topological polar surface area (TPSA) is 78.9 Å². The first kappa shape index (κ1) is 74.2. The molecule has 76 heavy (non-hydrogen) atoms. The van der Waals surface area contributed by atoms with Crippen molar-refractivity contribution >= 4 is 17.9 Å². The van der Waals surface area contributed by atoms with Crippen molar-refractivity contribution in [3.63, 3.8) is 0 Å². The standard InChI is InChI=1S/C70H134O6/c1-4-7-10-13-16-19-22-25-28-31-34-35-37-39-42-45-48-51-54-57-60-63-69(72)75-66-67(65-74-68(71)62-59-56-53-50-47-44-41-38-33-30-27-24-21-18-15-12-9-6-3)76-70(73)64-61-58-55-52-49-46-43-40-36-32-29-26-23-20-17-14-11-8-5-2/h26,29,67H,4-25,27-28,30-66H2,1-3H3/b29-26-. The van der Waals surface area contributed by atoms with Crippen molar-refractivity contribution in [3.8, 4) is 0 Å². The molecular formula is C70H134O6. The molecule has 0 amide bonds. The molecule has 1 atom stereocenters. The number of carbonyl (C=O) groups excluding carboxylic acids is 3. The summed E-state index contributed by atoms with van der Waals surface area (Å²) in [6.07, 6.45) is 78.0. The largest absolute Gasteiger partial charge is 0.462 e. The molecule has 0 aliphatic heterocycles. The van der Waals surface area contributed by atoms with Crippen LogP contribution in [0.1, 0.15) is 400 Å². The molecule has 0 aromatic carbocycles. The van der Waals surface area contributed by atoms with Gasteiger partial charge in [0.1, 0.15) is 13.2 Å². The van der Waals surface area contributed by atoms with Gasteiger partial charge in [-0.25, -0.2) is 0 Å². The minimum Gasteiger partial charge on any atom is -0.462 e. The first-order chi connectivity index (χ1) is 37.5. The van der Waals surface area contributed by atoms with Crippen LogP contribution >= 0.6 is 0 Å². The summed E-state index contributed by atoms with van der Waals surface area (Å²) in [4.78, 5) is 38.4. The third-order valence-corrected chi connectivity index (χ3v) is 16.0. The Balaban J connectivity index is 4.29. The van der Waals surface area contributed by atoms with Crippen LogP contribution in [0.3, 0.4) is 0 Å². The van der Waals surface area contributed by atoms with Gasteiger partial charge >= 0.3 is 17.9 Å². The molecule has 1 unspecified atom stereocenters. The first-order valence-corrected chi connectivity index (χ1v) is 34.7. The number of allylic oxidation sites excluding steroid dienone is 2. The fourth-order valence-electron chi connectivity index (χ4n) is 10.8. The van der Waals surface area contributed by atoms with Crippen LogP contribution in [0.5, 0.6) is 0 Å². The number of unbranched alkanes of at least 4 members (excludes halogenated alkanes) is 52. The van der Waals surface area contributed by atoms with Crippen LogP contribution in [-0.2, 0) is 28.6 Å². The zero-order valence-corrected chi connectivity index (χ0v) is 51.8. The molecule has 6 nitrogen and oxygen atoms in total. The molecule has 0 aromatic rings. The highest BCUT2D eigenvalue weighted by atomic mass is 16.6. The lowest BCUT2D eigenvalue weighted by Crippen LogP contribution is -2.30. The van der Waals surface area contributed by atoms with Crippen molar-refractivity contribution in [3.05, 3.63) is 12.2 Å². The molecule has 0 aliphatic carbocycles. The number of ether oxygens (including phenoxy) is 3. The lowest BCUT2D eigenvalue weighted by atomic mass is 10.0. The van der Waals surface area contributed by atoms with Crippen molar-refractivity contribution in [1.82, 2.24) is 0 Å². The van der Waals surface area contributed by atoms with Gasteiger partial charge in [-0.2, -0.15) is 0 Å². The molecule has 0 heterocycles. The van der Waals surface area contributed by atoms with Gasteiger partial charge in [0, 0.05) is 19.3 Å². The predicted octanol–water partition coefficient (Wildman–Crippen LogP) is 23.6. The average Bonchev–Trinajstić information content (AvgIpc) is 3.42. The highest BCUT2D eigenvalue weighted by molar-refractivity contribution is 5.71. The minimum atomic E-state index is -0.767. The van der Waals surface area contributed by atoms with E-state index in [1.54, 1.807) is 0 Å². The maximum atomic E-state index is 12.9. The van der Waals surface area contributed by atoms with Gasteiger partial charge in [-0.1, -0.05) is 348 Å². The van der Waals surface area contributed by atoms with E-state index in [2.05, 4.69) is 32.9 Å². The molecule has 0 rings (SSSR count). The van der Waals surface area contributed by atoms with Crippen LogP contribution in [-0.4, -0.2) is 37.2 Å². The highest BCUT2D eigenvalue weighted by Crippen LogP contribution is 2.19. The van der Waals surface area contributed by atoms with Gasteiger partial charge in [0.15, 0.2) is 6.10 Å². The van der Waals surface area contributed by atoms with Crippen LogP contribution < -0.4 is 0 Å². The zero-order valence-electron chi connectivity index (χ0n) is 51.8. The molecule has 0 spiro atoms. The summed E-state index contributed by atoms with van der Waals surface area (Å²) in [6.45, 7) is 6.73. The maximum Gasteiger partial charge on any atom is 0.306 e. The van der Waals surface area contributed by atoms with E-state index in [1.807, 2.05) is 0 Å². The fraction of sp³-hybridized carbons (Fsp3) is 0.929. The summed E-state index contributed by atoms with van der Waals surface area (Å²) in [6, 6.07) is 0. The van der Waals surface area contributed by atoms with E-state index in [0.29, 0.717) is 19.3 Å². The lowest BCUT2D eigenvalue weighted by Gasteiger charge is -2.18. The van der Waals surface area contributed by atoms with Crippen LogP contribution in [0.2, 0.25) is 0 Å². The fourth-order valence-corrected chi connectivity index (χ4v) is 10.8. The summed E-state index contributed by atoms with van der Waals surface area (Å²) < 4.78 is 17.0. The Labute approximate surface area is 475 Å². The monoisotopic (exact) mass is 1070 g/mol. The molecule has 6 heteroatoms. The van der Waals surface area contributed by atoms with E-state index in [9.17, 15) is 14.4 Å². The van der Waals surface area contributed by atoms with Gasteiger partial charge in [-0.05, 0) is 44.9 Å². The molecule has 0 saturated carbocycles.